The van der Waals surface area contributed by atoms with Crippen molar-refractivity contribution in [3.05, 3.63) is 59.8 Å². The number of aromatic nitrogens is 1. The number of ether oxygens (including phenoxy) is 2. The smallest absolute Gasteiger partial charge is 0.267 e. The van der Waals surface area contributed by atoms with Gasteiger partial charge in [0.05, 0.1) is 19.2 Å². The van der Waals surface area contributed by atoms with Gasteiger partial charge < -0.3 is 19.4 Å². The third kappa shape index (κ3) is 4.30. The average molecular weight is 380 g/mol. The minimum absolute atomic E-state index is 0.0738. The number of fused-ring (bicyclic) bond motifs is 1. The van der Waals surface area contributed by atoms with E-state index in [1.807, 2.05) is 60.0 Å². The van der Waals surface area contributed by atoms with E-state index in [1.54, 1.807) is 7.11 Å². The Bertz CT molecular complexity index is 960. The summed E-state index contributed by atoms with van der Waals surface area (Å²) in [4.78, 5) is 12.9. The number of nitrogens with zero attached hydrogens (tertiary/aromatic N) is 1. The van der Waals surface area contributed by atoms with Crippen LogP contribution in [0.3, 0.4) is 0 Å². The summed E-state index contributed by atoms with van der Waals surface area (Å²) in [6, 6.07) is 15.8. The van der Waals surface area contributed by atoms with Crippen LogP contribution in [0.1, 0.15) is 36.8 Å². The summed E-state index contributed by atoms with van der Waals surface area (Å²) in [5.41, 5.74) is 2.67. The number of nitrogens with one attached hydrogen (secondary N) is 1. The minimum atomic E-state index is -0.0738. The number of methoxy groups -OCH3 is 1. The predicted octanol–water partition coefficient (Wildman–Crippen LogP) is 4.48. The summed E-state index contributed by atoms with van der Waals surface area (Å²) < 4.78 is 13.2. The molecule has 148 valence electrons. The molecule has 5 heteroatoms. The van der Waals surface area contributed by atoms with Gasteiger partial charge in [0.15, 0.2) is 0 Å². The second kappa shape index (κ2) is 8.83. The lowest BCUT2D eigenvalue weighted by molar-refractivity contribution is 0.0940. The Morgan fingerprint density at radius 1 is 1.14 bits per heavy atom. The van der Waals surface area contributed by atoms with Crippen molar-refractivity contribution < 1.29 is 14.3 Å². The molecular weight excluding hydrogens is 352 g/mol. The third-order valence-corrected chi connectivity index (χ3v) is 4.58. The molecule has 0 spiro atoms. The predicted molar refractivity (Wildman–Crippen MR) is 112 cm³/mol. The molecule has 0 saturated carbocycles. The average Bonchev–Trinajstić information content (AvgIpc) is 3.06. The van der Waals surface area contributed by atoms with Gasteiger partial charge in [0, 0.05) is 18.5 Å². The highest BCUT2D eigenvalue weighted by Gasteiger charge is 2.18. The Kier molecular flexibility index (Phi) is 6.24. The van der Waals surface area contributed by atoms with Gasteiger partial charge in [0.25, 0.3) is 5.91 Å². The van der Waals surface area contributed by atoms with Crippen LogP contribution >= 0.6 is 0 Å². The van der Waals surface area contributed by atoms with E-state index in [4.69, 9.17) is 9.47 Å². The van der Waals surface area contributed by atoms with Crippen molar-refractivity contribution in [2.75, 3.05) is 20.3 Å². The van der Waals surface area contributed by atoms with E-state index >= 15 is 0 Å². The van der Waals surface area contributed by atoms with Gasteiger partial charge in [-0.2, -0.15) is 0 Å². The van der Waals surface area contributed by atoms with Gasteiger partial charge in [-0.15, -0.1) is 0 Å². The molecule has 0 aliphatic heterocycles. The Morgan fingerprint density at radius 3 is 2.64 bits per heavy atom. The van der Waals surface area contributed by atoms with E-state index in [1.165, 1.54) is 0 Å². The summed E-state index contributed by atoms with van der Waals surface area (Å²) in [7, 11) is 1.66. The zero-order valence-corrected chi connectivity index (χ0v) is 17.0. The van der Waals surface area contributed by atoms with Crippen molar-refractivity contribution in [1.29, 1.82) is 0 Å². The zero-order valence-electron chi connectivity index (χ0n) is 17.0. The monoisotopic (exact) mass is 380 g/mol. The van der Waals surface area contributed by atoms with Crippen molar-refractivity contribution in [1.82, 2.24) is 9.88 Å². The largest absolute Gasteiger partial charge is 0.497 e. The quantitative estimate of drug-likeness (QED) is 0.627. The maximum atomic E-state index is 12.9. The molecule has 0 saturated heterocycles. The molecule has 2 aromatic carbocycles. The number of amides is 1. The van der Waals surface area contributed by atoms with Gasteiger partial charge in [-0.05, 0) is 48.7 Å². The number of hydrogen-bond acceptors (Lipinski definition) is 3. The zero-order chi connectivity index (χ0) is 20.1. The van der Waals surface area contributed by atoms with E-state index in [9.17, 15) is 4.79 Å². The van der Waals surface area contributed by atoms with Crippen LogP contribution in [-0.4, -0.2) is 30.7 Å². The summed E-state index contributed by atoms with van der Waals surface area (Å²) in [6.45, 7) is 7.91. The molecule has 0 bridgehead atoms. The lowest BCUT2D eigenvalue weighted by atomic mass is 10.2. The highest BCUT2D eigenvalue weighted by Crippen LogP contribution is 2.30. The lowest BCUT2D eigenvalue weighted by Crippen LogP contribution is -2.29. The molecule has 1 aromatic heterocycles. The summed E-state index contributed by atoms with van der Waals surface area (Å²) in [6.07, 6.45) is 0. The van der Waals surface area contributed by atoms with Crippen molar-refractivity contribution in [3.63, 3.8) is 0 Å². The fourth-order valence-corrected chi connectivity index (χ4v) is 3.24. The summed E-state index contributed by atoms with van der Waals surface area (Å²) >= 11 is 0. The molecule has 0 aliphatic rings. The molecule has 28 heavy (non-hydrogen) atoms. The first kappa shape index (κ1) is 19.8. The summed E-state index contributed by atoms with van der Waals surface area (Å²) in [5, 5.41) is 3.98. The van der Waals surface area contributed by atoms with Crippen LogP contribution in [0.5, 0.6) is 11.5 Å². The van der Waals surface area contributed by atoms with Crippen LogP contribution in [0, 0.1) is 5.92 Å². The van der Waals surface area contributed by atoms with Gasteiger partial charge in [-0.1, -0.05) is 32.0 Å². The molecule has 0 radical (unpaired) electrons. The van der Waals surface area contributed by atoms with Crippen LogP contribution in [0.25, 0.3) is 10.9 Å². The van der Waals surface area contributed by atoms with E-state index in [-0.39, 0.29) is 5.91 Å². The molecule has 0 unspecified atom stereocenters. The van der Waals surface area contributed by atoms with E-state index in [2.05, 4.69) is 19.2 Å². The number of benzene rings is 2. The van der Waals surface area contributed by atoms with Crippen molar-refractivity contribution >= 4 is 16.8 Å². The molecule has 0 aliphatic carbocycles. The van der Waals surface area contributed by atoms with E-state index in [0.717, 1.165) is 28.0 Å². The SMILES string of the molecule is CCOc1cccc2c1cc(C(=O)NCC(C)C)n2Cc1cccc(OC)c1. The molecule has 3 rings (SSSR count). The Balaban J connectivity index is 2.07. The lowest BCUT2D eigenvalue weighted by Gasteiger charge is -2.13. The number of carbonyl (C=O) groups is 1. The standard InChI is InChI=1S/C23H28N2O3/c1-5-28-22-11-7-10-20-19(22)13-21(23(26)24-14-16(2)3)25(20)15-17-8-6-9-18(12-17)27-4/h6-13,16H,5,14-15H2,1-4H3,(H,24,26). The Hall–Kier alpha value is -2.95. The molecule has 0 atom stereocenters. The number of rotatable bonds is 8. The van der Waals surface area contributed by atoms with E-state index < -0.39 is 0 Å². The Morgan fingerprint density at radius 2 is 1.93 bits per heavy atom. The van der Waals surface area contributed by atoms with Crippen LogP contribution in [-0.2, 0) is 6.54 Å². The highest BCUT2D eigenvalue weighted by atomic mass is 16.5. The van der Waals surface area contributed by atoms with Gasteiger partial charge >= 0.3 is 0 Å². The van der Waals surface area contributed by atoms with Crippen molar-refractivity contribution in [3.8, 4) is 11.5 Å². The summed E-state index contributed by atoms with van der Waals surface area (Å²) in [5.74, 6) is 1.91. The van der Waals surface area contributed by atoms with Gasteiger partial charge in [0.2, 0.25) is 0 Å². The maximum Gasteiger partial charge on any atom is 0.267 e. The first-order chi connectivity index (χ1) is 13.5. The molecular formula is C23H28N2O3. The third-order valence-electron chi connectivity index (χ3n) is 4.58. The minimum Gasteiger partial charge on any atom is -0.497 e. The first-order valence-electron chi connectivity index (χ1n) is 9.69. The van der Waals surface area contributed by atoms with Crippen LogP contribution in [0.15, 0.2) is 48.5 Å². The van der Waals surface area contributed by atoms with E-state index in [0.29, 0.717) is 31.3 Å². The van der Waals surface area contributed by atoms with Gasteiger partial charge in [0.1, 0.15) is 17.2 Å². The van der Waals surface area contributed by atoms with Crippen LogP contribution in [0.2, 0.25) is 0 Å². The Labute approximate surface area is 166 Å². The fourth-order valence-electron chi connectivity index (χ4n) is 3.24. The van der Waals surface area contributed by atoms with Gasteiger partial charge in [-0.25, -0.2) is 0 Å². The van der Waals surface area contributed by atoms with Gasteiger partial charge in [-0.3, -0.25) is 4.79 Å². The molecule has 3 aromatic rings. The molecule has 1 N–H and O–H groups in total. The number of carbonyl (C=O) groups excluding carboxylic acids is 1. The number of hydrogen-bond donors (Lipinski definition) is 1. The topological polar surface area (TPSA) is 52.5 Å². The normalized spacial score (nSPS) is 11.0. The first-order valence-corrected chi connectivity index (χ1v) is 9.69. The van der Waals surface area contributed by atoms with Crippen LogP contribution in [0.4, 0.5) is 0 Å². The fraction of sp³-hybridized carbons (Fsp3) is 0.348. The molecule has 1 heterocycles. The van der Waals surface area contributed by atoms with Crippen molar-refractivity contribution in [2.45, 2.75) is 27.3 Å². The molecule has 5 nitrogen and oxygen atoms in total. The second-order valence-corrected chi connectivity index (χ2v) is 7.19. The molecule has 1 amide bonds. The van der Waals surface area contributed by atoms with Crippen molar-refractivity contribution in [2.24, 2.45) is 5.92 Å². The molecule has 0 fully saturated rings. The maximum absolute atomic E-state index is 12.9. The second-order valence-electron chi connectivity index (χ2n) is 7.19. The highest BCUT2D eigenvalue weighted by molar-refractivity contribution is 6.00. The van der Waals surface area contributed by atoms with Crippen LogP contribution < -0.4 is 14.8 Å².